The monoisotopic (exact) mass is 410 g/mol. The minimum absolute atomic E-state index is 0.00329. The molecule has 8 heteroatoms. The summed E-state index contributed by atoms with van der Waals surface area (Å²) in [5.41, 5.74) is 2.71. The number of thiophene rings is 1. The highest BCUT2D eigenvalue weighted by Gasteiger charge is 2.35. The van der Waals surface area contributed by atoms with Crippen molar-refractivity contribution in [2.45, 2.75) is 32.2 Å². The van der Waals surface area contributed by atoms with E-state index in [1.54, 1.807) is 23.7 Å². The van der Waals surface area contributed by atoms with Gasteiger partial charge < -0.3 is 9.80 Å². The topological polar surface area (TPSA) is 78.0 Å². The zero-order valence-corrected chi connectivity index (χ0v) is 17.8. The summed E-state index contributed by atoms with van der Waals surface area (Å²) in [7, 11) is 3.84. The Balaban J connectivity index is 1.58. The van der Waals surface area contributed by atoms with Crippen LogP contribution >= 0.6 is 11.3 Å². The molecule has 0 radical (unpaired) electrons. The Bertz CT molecular complexity index is 967. The van der Waals surface area contributed by atoms with Gasteiger partial charge in [0.05, 0.1) is 23.6 Å². The van der Waals surface area contributed by atoms with E-state index in [2.05, 4.69) is 31.6 Å². The molecule has 1 fully saturated rings. The molecule has 0 spiro atoms. The minimum Gasteiger partial charge on any atom is -0.347 e. The smallest absolute Gasteiger partial charge is 0.226 e. The predicted octanol–water partition coefficient (Wildman–Crippen LogP) is 3.54. The van der Waals surface area contributed by atoms with E-state index in [9.17, 15) is 4.79 Å². The fraction of sp³-hybridized carbons (Fsp3) is 0.429. The fourth-order valence-corrected chi connectivity index (χ4v) is 4.73. The Kier molecular flexibility index (Phi) is 5.62. The molecule has 152 valence electrons. The predicted molar refractivity (Wildman–Crippen MR) is 115 cm³/mol. The van der Waals surface area contributed by atoms with Crippen LogP contribution in [0.1, 0.15) is 36.4 Å². The molecule has 2 atom stereocenters. The Morgan fingerprint density at radius 2 is 2.28 bits per heavy atom. The summed E-state index contributed by atoms with van der Waals surface area (Å²) in [6.45, 7) is 2.81. The summed E-state index contributed by atoms with van der Waals surface area (Å²) in [6, 6.07) is 6.03. The van der Waals surface area contributed by atoms with Crippen molar-refractivity contribution in [3.63, 3.8) is 0 Å². The van der Waals surface area contributed by atoms with Crippen LogP contribution in [-0.4, -0.2) is 51.6 Å². The lowest BCUT2D eigenvalue weighted by Crippen LogP contribution is -2.35. The Morgan fingerprint density at radius 3 is 3.03 bits per heavy atom. The molecule has 7 nitrogen and oxygen atoms in total. The highest BCUT2D eigenvalue weighted by atomic mass is 32.1. The van der Waals surface area contributed by atoms with Gasteiger partial charge in [-0.3, -0.25) is 9.89 Å². The molecule has 0 bridgehead atoms. The number of aromatic nitrogens is 4. The average Bonchev–Trinajstić information content (AvgIpc) is 3.47. The van der Waals surface area contributed by atoms with Crippen molar-refractivity contribution in [2.24, 2.45) is 5.92 Å². The van der Waals surface area contributed by atoms with E-state index in [4.69, 9.17) is 0 Å². The number of amides is 1. The van der Waals surface area contributed by atoms with Gasteiger partial charge in [0.1, 0.15) is 0 Å². The summed E-state index contributed by atoms with van der Waals surface area (Å²) in [4.78, 5) is 27.3. The number of carbonyl (C=O) groups is 1. The summed E-state index contributed by atoms with van der Waals surface area (Å²) < 4.78 is 0. The molecule has 1 aliphatic heterocycles. The summed E-state index contributed by atoms with van der Waals surface area (Å²) in [5, 5.41) is 9.49. The van der Waals surface area contributed by atoms with Crippen molar-refractivity contribution in [1.82, 2.24) is 25.1 Å². The van der Waals surface area contributed by atoms with Crippen molar-refractivity contribution < 1.29 is 4.79 Å². The maximum Gasteiger partial charge on any atom is 0.226 e. The van der Waals surface area contributed by atoms with Crippen molar-refractivity contribution in [3.8, 4) is 11.3 Å². The third kappa shape index (κ3) is 4.03. The number of nitrogens with one attached hydrogen (secondary N) is 1. The van der Waals surface area contributed by atoms with Crippen LogP contribution in [0, 0.1) is 5.92 Å². The molecule has 0 unspecified atom stereocenters. The molecule has 1 N–H and O–H groups in total. The van der Waals surface area contributed by atoms with Gasteiger partial charge in [0.15, 0.2) is 0 Å². The van der Waals surface area contributed by atoms with Crippen LogP contribution in [0.5, 0.6) is 0 Å². The van der Waals surface area contributed by atoms with Crippen LogP contribution in [0.2, 0.25) is 0 Å². The number of H-pyrrole nitrogens is 1. The quantitative estimate of drug-likeness (QED) is 0.673. The number of rotatable bonds is 6. The van der Waals surface area contributed by atoms with E-state index in [0.717, 1.165) is 42.8 Å². The van der Waals surface area contributed by atoms with Crippen molar-refractivity contribution in [3.05, 3.63) is 46.5 Å². The van der Waals surface area contributed by atoms with Crippen LogP contribution in [0.4, 0.5) is 5.95 Å². The second-order valence-electron chi connectivity index (χ2n) is 7.71. The third-order valence-electron chi connectivity index (χ3n) is 5.37. The molecule has 3 aromatic rings. The van der Waals surface area contributed by atoms with Crippen molar-refractivity contribution in [2.75, 3.05) is 25.5 Å². The minimum atomic E-state index is -0.0417. The average molecular weight is 411 g/mol. The molecular weight excluding hydrogens is 384 g/mol. The van der Waals surface area contributed by atoms with E-state index in [1.807, 2.05) is 43.0 Å². The highest BCUT2D eigenvalue weighted by molar-refractivity contribution is 7.09. The maximum atomic E-state index is 13.2. The molecule has 3 aromatic heterocycles. The highest BCUT2D eigenvalue weighted by Crippen LogP contribution is 2.37. The first-order valence-electron chi connectivity index (χ1n) is 9.91. The number of anilines is 1. The molecule has 4 heterocycles. The van der Waals surface area contributed by atoms with Crippen LogP contribution in [0.3, 0.4) is 0 Å². The first kappa shape index (κ1) is 19.6. The maximum absolute atomic E-state index is 13.2. The van der Waals surface area contributed by atoms with Gasteiger partial charge in [-0.1, -0.05) is 13.0 Å². The second kappa shape index (κ2) is 8.32. The number of likely N-dealkylation sites (tertiary alicyclic amines) is 1. The summed E-state index contributed by atoms with van der Waals surface area (Å²) in [6.07, 6.45) is 6.27. The number of nitrogens with zero attached hydrogens (tertiary/aromatic N) is 5. The van der Waals surface area contributed by atoms with Crippen LogP contribution in [-0.2, 0) is 11.2 Å². The van der Waals surface area contributed by atoms with Gasteiger partial charge in [-0.25, -0.2) is 9.97 Å². The van der Waals surface area contributed by atoms with E-state index >= 15 is 0 Å². The van der Waals surface area contributed by atoms with Gasteiger partial charge in [-0.15, -0.1) is 11.3 Å². The van der Waals surface area contributed by atoms with Gasteiger partial charge in [0, 0.05) is 43.2 Å². The fourth-order valence-electron chi connectivity index (χ4n) is 3.90. The molecule has 0 aromatic carbocycles. The zero-order chi connectivity index (χ0) is 20.4. The third-order valence-corrected chi connectivity index (χ3v) is 6.26. The molecular formula is C21H26N6OS. The lowest BCUT2D eigenvalue weighted by molar-refractivity contribution is -0.136. The number of hydrogen-bond acceptors (Lipinski definition) is 6. The molecule has 0 aliphatic carbocycles. The van der Waals surface area contributed by atoms with E-state index in [1.165, 1.54) is 4.88 Å². The lowest BCUT2D eigenvalue weighted by Gasteiger charge is -2.27. The van der Waals surface area contributed by atoms with Gasteiger partial charge in [0.2, 0.25) is 11.9 Å². The first-order chi connectivity index (χ1) is 14.0. The van der Waals surface area contributed by atoms with E-state index in [0.29, 0.717) is 5.95 Å². The number of carbonyl (C=O) groups excluding carboxylic acids is 1. The standard InChI is InChI=1S/C21H26N6OS/c1-14(12-15-6-5-11-29-15)20(28)27-10-4-7-18(27)19-16(13-23-25-19)17-8-9-22-21(24-17)26(2)3/h5-6,8-9,11,13-14,18H,4,7,10,12H2,1-3H3,(H,23,25)/t14-,18+/m0/s1. The summed E-state index contributed by atoms with van der Waals surface area (Å²) in [5.74, 6) is 0.816. The van der Waals surface area contributed by atoms with Gasteiger partial charge in [-0.05, 0) is 36.8 Å². The molecule has 1 aliphatic rings. The zero-order valence-electron chi connectivity index (χ0n) is 17.0. The molecule has 4 rings (SSSR count). The molecule has 0 saturated carbocycles. The first-order valence-corrected chi connectivity index (χ1v) is 10.8. The van der Waals surface area contributed by atoms with E-state index < -0.39 is 0 Å². The van der Waals surface area contributed by atoms with Crippen LogP contribution in [0.15, 0.2) is 36.0 Å². The van der Waals surface area contributed by atoms with Crippen molar-refractivity contribution >= 4 is 23.2 Å². The normalized spacial score (nSPS) is 17.5. The van der Waals surface area contributed by atoms with E-state index in [-0.39, 0.29) is 17.9 Å². The van der Waals surface area contributed by atoms with Gasteiger partial charge in [-0.2, -0.15) is 5.10 Å². The number of aromatic amines is 1. The van der Waals surface area contributed by atoms with Crippen LogP contribution < -0.4 is 4.90 Å². The van der Waals surface area contributed by atoms with Crippen molar-refractivity contribution in [1.29, 1.82) is 0 Å². The van der Waals surface area contributed by atoms with Gasteiger partial charge >= 0.3 is 0 Å². The molecule has 1 saturated heterocycles. The van der Waals surface area contributed by atoms with Gasteiger partial charge in [0.25, 0.3) is 0 Å². The Morgan fingerprint density at radius 1 is 1.41 bits per heavy atom. The largest absolute Gasteiger partial charge is 0.347 e. The van der Waals surface area contributed by atoms with Crippen LogP contribution in [0.25, 0.3) is 11.3 Å². The molecule has 1 amide bonds. The second-order valence-corrected chi connectivity index (χ2v) is 8.74. The Hall–Kier alpha value is -2.74. The number of hydrogen-bond donors (Lipinski definition) is 1. The SMILES string of the molecule is C[C@@H](Cc1cccs1)C(=O)N1CCC[C@@H]1c1[nH]ncc1-c1ccnc(N(C)C)n1. The molecule has 29 heavy (non-hydrogen) atoms. The summed E-state index contributed by atoms with van der Waals surface area (Å²) >= 11 is 1.71. The lowest BCUT2D eigenvalue weighted by atomic mass is 10.0. The Labute approximate surface area is 174 Å².